The summed E-state index contributed by atoms with van der Waals surface area (Å²) in [7, 11) is 0. The first kappa shape index (κ1) is 19.5. The van der Waals surface area contributed by atoms with Crippen molar-refractivity contribution in [1.29, 1.82) is 0 Å². The molecular formula is C22H22O6. The molecule has 3 rings (SSSR count). The van der Waals surface area contributed by atoms with Crippen LogP contribution in [0.2, 0.25) is 0 Å². The molecule has 6 heteroatoms. The Hall–Kier alpha value is -3.28. The van der Waals surface area contributed by atoms with Gasteiger partial charge in [0.1, 0.15) is 30.0 Å². The van der Waals surface area contributed by atoms with E-state index < -0.39 is 11.4 Å². The molecule has 0 spiro atoms. The van der Waals surface area contributed by atoms with Crippen molar-refractivity contribution in [2.24, 2.45) is 5.41 Å². The van der Waals surface area contributed by atoms with Gasteiger partial charge in [0.05, 0.1) is 10.8 Å². The van der Waals surface area contributed by atoms with Crippen molar-refractivity contribution in [3.63, 3.8) is 0 Å². The van der Waals surface area contributed by atoms with Gasteiger partial charge in [-0.25, -0.2) is 0 Å². The molecule has 1 heterocycles. The van der Waals surface area contributed by atoms with E-state index in [1.807, 2.05) is 26.0 Å². The third-order valence-electron chi connectivity index (χ3n) is 4.60. The van der Waals surface area contributed by atoms with Crippen molar-refractivity contribution in [3.8, 4) is 17.2 Å². The number of carboxylic acids is 1. The quantitative estimate of drug-likeness (QED) is 0.665. The summed E-state index contributed by atoms with van der Waals surface area (Å²) in [5, 5.41) is 9.51. The molecule has 2 aromatic carbocycles. The zero-order valence-corrected chi connectivity index (χ0v) is 16.2. The second kappa shape index (κ2) is 7.38. The van der Waals surface area contributed by atoms with Crippen LogP contribution in [0, 0.1) is 19.3 Å². The van der Waals surface area contributed by atoms with E-state index in [2.05, 4.69) is 0 Å². The number of aliphatic carboxylic acids is 1. The van der Waals surface area contributed by atoms with Crippen LogP contribution in [-0.2, 0) is 4.79 Å². The highest BCUT2D eigenvalue weighted by Gasteiger charge is 2.28. The van der Waals surface area contributed by atoms with Crippen LogP contribution in [0.1, 0.15) is 25.0 Å². The number of carboxylic acid groups (broad SMARTS) is 1. The topological polar surface area (TPSA) is 86.0 Å². The van der Waals surface area contributed by atoms with Crippen LogP contribution in [0.15, 0.2) is 51.9 Å². The van der Waals surface area contributed by atoms with Gasteiger partial charge < -0.3 is 19.0 Å². The lowest BCUT2D eigenvalue weighted by atomic mass is 9.95. The molecule has 0 aliphatic rings. The molecule has 0 radical (unpaired) electrons. The molecular weight excluding hydrogens is 360 g/mol. The third kappa shape index (κ3) is 4.01. The van der Waals surface area contributed by atoms with Gasteiger partial charge in [0.2, 0.25) is 11.2 Å². The predicted molar refractivity (Wildman–Crippen MR) is 105 cm³/mol. The molecule has 0 unspecified atom stereocenters. The minimum Gasteiger partial charge on any atom is -0.492 e. The second-order valence-electron chi connectivity index (χ2n) is 7.41. The van der Waals surface area contributed by atoms with E-state index >= 15 is 0 Å². The maximum atomic E-state index is 12.7. The lowest BCUT2D eigenvalue weighted by Gasteiger charge is -2.19. The number of rotatable bonds is 6. The molecule has 1 aromatic heterocycles. The Bertz CT molecular complexity index is 1090. The average Bonchev–Trinajstić information content (AvgIpc) is 2.65. The average molecular weight is 382 g/mol. The fraction of sp³-hybridized carbons (Fsp3) is 0.273. The summed E-state index contributed by atoms with van der Waals surface area (Å²) >= 11 is 0. The summed E-state index contributed by atoms with van der Waals surface area (Å²) in [5.74, 6) is 0.128. The van der Waals surface area contributed by atoms with E-state index in [-0.39, 0.29) is 17.8 Å². The Labute approximate surface area is 162 Å². The Kier molecular flexibility index (Phi) is 5.14. The van der Waals surface area contributed by atoms with Crippen LogP contribution in [0.5, 0.6) is 17.2 Å². The zero-order chi connectivity index (χ0) is 20.5. The molecule has 0 aliphatic heterocycles. The molecule has 3 aromatic rings. The molecule has 1 N–H and O–H groups in total. The van der Waals surface area contributed by atoms with Gasteiger partial charge in [-0.15, -0.1) is 0 Å². The van der Waals surface area contributed by atoms with E-state index in [0.717, 1.165) is 11.1 Å². The number of aryl methyl sites for hydroxylation is 2. The van der Waals surface area contributed by atoms with Gasteiger partial charge in [0.15, 0.2) is 0 Å². The number of carbonyl (C=O) groups is 1. The van der Waals surface area contributed by atoms with Gasteiger partial charge in [0, 0.05) is 6.07 Å². The minimum absolute atomic E-state index is 0.00790. The van der Waals surface area contributed by atoms with E-state index in [0.29, 0.717) is 22.5 Å². The molecule has 0 atom stereocenters. The van der Waals surface area contributed by atoms with Gasteiger partial charge in [-0.05, 0) is 63.1 Å². The largest absolute Gasteiger partial charge is 0.492 e. The van der Waals surface area contributed by atoms with Crippen molar-refractivity contribution >= 4 is 16.9 Å². The number of fused-ring (bicyclic) bond motifs is 1. The Morgan fingerprint density at radius 3 is 2.46 bits per heavy atom. The number of hydrogen-bond acceptors (Lipinski definition) is 5. The Morgan fingerprint density at radius 1 is 1.07 bits per heavy atom. The van der Waals surface area contributed by atoms with Crippen molar-refractivity contribution in [2.45, 2.75) is 27.7 Å². The molecule has 0 fully saturated rings. The predicted octanol–water partition coefficient (Wildman–Crippen LogP) is 4.69. The normalized spacial score (nSPS) is 11.4. The van der Waals surface area contributed by atoms with Gasteiger partial charge in [-0.1, -0.05) is 6.07 Å². The zero-order valence-electron chi connectivity index (χ0n) is 16.2. The minimum atomic E-state index is -1.03. The van der Waals surface area contributed by atoms with Gasteiger partial charge in [-0.3, -0.25) is 9.59 Å². The summed E-state index contributed by atoms with van der Waals surface area (Å²) < 4.78 is 16.8. The standard InChI is InChI=1S/C22H22O6/c1-13-5-6-16(9-14(13)2)28-19-11-26-18-10-15(7-8-17(18)20(19)23)27-12-22(3,4)21(24)25/h5-11H,12H2,1-4H3,(H,24,25). The first-order chi connectivity index (χ1) is 13.2. The van der Waals surface area contributed by atoms with E-state index in [1.165, 1.54) is 6.26 Å². The number of benzene rings is 2. The molecule has 0 saturated heterocycles. The monoisotopic (exact) mass is 382 g/mol. The third-order valence-corrected chi connectivity index (χ3v) is 4.60. The summed E-state index contributed by atoms with van der Waals surface area (Å²) in [4.78, 5) is 23.9. The highest BCUT2D eigenvalue weighted by molar-refractivity contribution is 5.79. The molecule has 0 saturated carbocycles. The maximum Gasteiger partial charge on any atom is 0.312 e. The fourth-order valence-corrected chi connectivity index (χ4v) is 2.48. The van der Waals surface area contributed by atoms with Crippen molar-refractivity contribution in [2.75, 3.05) is 6.61 Å². The van der Waals surface area contributed by atoms with E-state index in [1.54, 1.807) is 38.1 Å². The van der Waals surface area contributed by atoms with Crippen molar-refractivity contribution in [1.82, 2.24) is 0 Å². The number of ether oxygens (including phenoxy) is 2. The van der Waals surface area contributed by atoms with Crippen molar-refractivity contribution < 1.29 is 23.8 Å². The van der Waals surface area contributed by atoms with Gasteiger partial charge in [-0.2, -0.15) is 0 Å². The molecule has 146 valence electrons. The summed E-state index contributed by atoms with van der Waals surface area (Å²) in [6, 6.07) is 10.3. The molecule has 0 bridgehead atoms. The molecule has 28 heavy (non-hydrogen) atoms. The molecule has 0 amide bonds. The highest BCUT2D eigenvalue weighted by Crippen LogP contribution is 2.26. The Morgan fingerprint density at radius 2 is 1.79 bits per heavy atom. The smallest absolute Gasteiger partial charge is 0.312 e. The highest BCUT2D eigenvalue weighted by atomic mass is 16.5. The van der Waals surface area contributed by atoms with Crippen LogP contribution in [-0.4, -0.2) is 17.7 Å². The first-order valence-electron chi connectivity index (χ1n) is 8.84. The number of hydrogen-bond donors (Lipinski definition) is 1. The lowest BCUT2D eigenvalue weighted by Crippen LogP contribution is -2.30. The SMILES string of the molecule is Cc1ccc(Oc2coc3cc(OCC(C)(C)C(=O)O)ccc3c2=O)cc1C. The van der Waals surface area contributed by atoms with Gasteiger partial charge >= 0.3 is 5.97 Å². The maximum absolute atomic E-state index is 12.7. The van der Waals surface area contributed by atoms with Crippen LogP contribution >= 0.6 is 0 Å². The molecule has 6 nitrogen and oxygen atoms in total. The summed E-state index contributed by atoms with van der Waals surface area (Å²) in [6.07, 6.45) is 1.27. The summed E-state index contributed by atoms with van der Waals surface area (Å²) in [6.45, 7) is 7.12. The second-order valence-corrected chi connectivity index (χ2v) is 7.41. The van der Waals surface area contributed by atoms with E-state index in [9.17, 15) is 9.59 Å². The van der Waals surface area contributed by atoms with Crippen LogP contribution in [0.4, 0.5) is 0 Å². The molecule has 0 aliphatic carbocycles. The lowest BCUT2D eigenvalue weighted by molar-refractivity contribution is -0.148. The van der Waals surface area contributed by atoms with Crippen LogP contribution < -0.4 is 14.9 Å². The Balaban J connectivity index is 1.85. The summed E-state index contributed by atoms with van der Waals surface area (Å²) in [5.41, 5.74) is 1.21. The van der Waals surface area contributed by atoms with Crippen molar-refractivity contribution in [3.05, 3.63) is 64.0 Å². The van der Waals surface area contributed by atoms with Crippen LogP contribution in [0.3, 0.4) is 0 Å². The van der Waals surface area contributed by atoms with E-state index in [4.69, 9.17) is 19.0 Å². The van der Waals surface area contributed by atoms with Crippen LogP contribution in [0.25, 0.3) is 11.0 Å². The fourth-order valence-electron chi connectivity index (χ4n) is 2.48. The first-order valence-corrected chi connectivity index (χ1v) is 8.84. The van der Waals surface area contributed by atoms with Gasteiger partial charge in [0.25, 0.3) is 0 Å².